The molecule has 2 aromatic rings. The van der Waals surface area contributed by atoms with Crippen molar-refractivity contribution in [3.8, 4) is 11.8 Å². The van der Waals surface area contributed by atoms with E-state index in [-0.39, 0.29) is 0 Å². The van der Waals surface area contributed by atoms with Gasteiger partial charge in [0.15, 0.2) is 0 Å². The molecular formula is C15H13ClN2O. The van der Waals surface area contributed by atoms with E-state index < -0.39 is 0 Å². The average Bonchev–Trinajstić information content (AvgIpc) is 2.47. The van der Waals surface area contributed by atoms with Crippen molar-refractivity contribution < 1.29 is 4.74 Å². The first-order valence-corrected chi connectivity index (χ1v) is 6.17. The predicted molar refractivity (Wildman–Crippen MR) is 76.5 cm³/mol. The first-order valence-electron chi connectivity index (χ1n) is 5.79. The van der Waals surface area contributed by atoms with Gasteiger partial charge in [-0.05, 0) is 29.8 Å². The quantitative estimate of drug-likeness (QED) is 0.920. The molecule has 0 bridgehead atoms. The van der Waals surface area contributed by atoms with E-state index in [1.807, 2.05) is 24.3 Å². The summed E-state index contributed by atoms with van der Waals surface area (Å²) in [5.74, 6) is 0.756. The lowest BCUT2D eigenvalue weighted by Crippen LogP contribution is -2.00. The van der Waals surface area contributed by atoms with E-state index in [4.69, 9.17) is 21.6 Å². The molecule has 0 spiro atoms. The molecule has 19 heavy (non-hydrogen) atoms. The first-order chi connectivity index (χ1) is 9.22. The second-order valence-electron chi connectivity index (χ2n) is 4.01. The highest BCUT2D eigenvalue weighted by molar-refractivity contribution is 6.33. The smallest absolute Gasteiger partial charge is 0.121 e. The van der Waals surface area contributed by atoms with Crippen molar-refractivity contribution in [2.24, 2.45) is 0 Å². The zero-order valence-corrected chi connectivity index (χ0v) is 11.2. The zero-order valence-electron chi connectivity index (χ0n) is 10.5. The second-order valence-corrected chi connectivity index (χ2v) is 4.42. The molecule has 0 aliphatic rings. The second kappa shape index (κ2) is 6.12. The molecule has 0 heterocycles. The Kier molecular flexibility index (Phi) is 4.27. The van der Waals surface area contributed by atoms with Gasteiger partial charge in [0, 0.05) is 12.6 Å². The molecule has 0 atom stereocenters. The van der Waals surface area contributed by atoms with Crippen LogP contribution in [0.3, 0.4) is 0 Å². The number of hydrogen-bond acceptors (Lipinski definition) is 3. The lowest BCUT2D eigenvalue weighted by molar-refractivity contribution is 0.415. The van der Waals surface area contributed by atoms with Crippen LogP contribution >= 0.6 is 11.6 Å². The van der Waals surface area contributed by atoms with E-state index in [2.05, 4.69) is 11.4 Å². The predicted octanol–water partition coefficient (Wildman–Crippen LogP) is 3.83. The monoisotopic (exact) mass is 272 g/mol. The molecular weight excluding hydrogens is 260 g/mol. The summed E-state index contributed by atoms with van der Waals surface area (Å²) in [5, 5.41) is 12.6. The number of hydrogen-bond donors (Lipinski definition) is 1. The highest BCUT2D eigenvalue weighted by Crippen LogP contribution is 2.27. The van der Waals surface area contributed by atoms with Crippen LogP contribution in [-0.2, 0) is 6.54 Å². The molecule has 96 valence electrons. The van der Waals surface area contributed by atoms with E-state index in [0.29, 0.717) is 17.1 Å². The van der Waals surface area contributed by atoms with Crippen molar-refractivity contribution in [1.82, 2.24) is 0 Å². The van der Waals surface area contributed by atoms with Gasteiger partial charge < -0.3 is 10.1 Å². The average molecular weight is 273 g/mol. The molecule has 1 N–H and O–H groups in total. The van der Waals surface area contributed by atoms with Crippen LogP contribution in [0.25, 0.3) is 0 Å². The first kappa shape index (κ1) is 13.3. The number of nitrogens with zero attached hydrogens (tertiary/aromatic N) is 1. The van der Waals surface area contributed by atoms with Crippen molar-refractivity contribution in [2.75, 3.05) is 12.4 Å². The summed E-state index contributed by atoms with van der Waals surface area (Å²) < 4.78 is 5.16. The van der Waals surface area contributed by atoms with Crippen LogP contribution in [0.1, 0.15) is 11.1 Å². The molecule has 0 saturated carbocycles. The Balaban J connectivity index is 2.07. The lowest BCUT2D eigenvalue weighted by atomic mass is 10.1. The Labute approximate surface area is 117 Å². The van der Waals surface area contributed by atoms with Crippen LogP contribution in [0.5, 0.6) is 5.75 Å². The van der Waals surface area contributed by atoms with E-state index in [1.54, 1.807) is 25.3 Å². The number of benzene rings is 2. The Morgan fingerprint density at radius 3 is 2.58 bits per heavy atom. The normalized spacial score (nSPS) is 9.74. The number of nitrogens with one attached hydrogen (secondary N) is 1. The Morgan fingerprint density at radius 1 is 1.21 bits per heavy atom. The number of nitriles is 1. The zero-order chi connectivity index (χ0) is 13.7. The molecule has 2 rings (SSSR count). The summed E-state index contributed by atoms with van der Waals surface area (Å²) in [4.78, 5) is 0. The fraction of sp³-hybridized carbons (Fsp3) is 0.133. The van der Waals surface area contributed by atoms with Gasteiger partial charge in [0.2, 0.25) is 0 Å². The maximum absolute atomic E-state index is 8.73. The highest BCUT2D eigenvalue weighted by atomic mass is 35.5. The third-order valence-electron chi connectivity index (χ3n) is 2.74. The van der Waals surface area contributed by atoms with Gasteiger partial charge in [-0.3, -0.25) is 0 Å². The summed E-state index contributed by atoms with van der Waals surface area (Å²) in [6.45, 7) is 0.637. The van der Waals surface area contributed by atoms with Crippen molar-refractivity contribution >= 4 is 17.3 Å². The fourth-order valence-electron chi connectivity index (χ4n) is 1.66. The highest BCUT2D eigenvalue weighted by Gasteiger charge is 2.02. The van der Waals surface area contributed by atoms with Gasteiger partial charge in [-0.25, -0.2) is 0 Å². The minimum Gasteiger partial charge on any atom is -0.497 e. The largest absolute Gasteiger partial charge is 0.497 e. The van der Waals surface area contributed by atoms with Crippen LogP contribution in [0.4, 0.5) is 5.69 Å². The molecule has 0 fully saturated rings. The van der Waals surface area contributed by atoms with Crippen LogP contribution in [0.15, 0.2) is 42.5 Å². The van der Waals surface area contributed by atoms with Gasteiger partial charge >= 0.3 is 0 Å². The van der Waals surface area contributed by atoms with Crippen molar-refractivity contribution in [2.45, 2.75) is 6.54 Å². The minimum absolute atomic E-state index is 0.637. The SMILES string of the molecule is COc1ccc(Cl)c(NCc2ccc(C#N)cc2)c1. The Bertz CT molecular complexity index is 603. The molecule has 4 heteroatoms. The third-order valence-corrected chi connectivity index (χ3v) is 3.07. The molecule has 0 aliphatic heterocycles. The third kappa shape index (κ3) is 3.40. The molecule has 0 aromatic heterocycles. The van der Waals surface area contributed by atoms with Crippen LogP contribution in [-0.4, -0.2) is 7.11 Å². The minimum atomic E-state index is 0.637. The van der Waals surface area contributed by atoms with E-state index in [0.717, 1.165) is 17.0 Å². The molecule has 0 saturated heterocycles. The number of halogens is 1. The number of ether oxygens (including phenoxy) is 1. The summed E-state index contributed by atoms with van der Waals surface area (Å²) in [6, 6.07) is 15.0. The molecule has 0 radical (unpaired) electrons. The Morgan fingerprint density at radius 2 is 1.95 bits per heavy atom. The van der Waals surface area contributed by atoms with Gasteiger partial charge in [-0.15, -0.1) is 0 Å². The van der Waals surface area contributed by atoms with Gasteiger partial charge in [0.25, 0.3) is 0 Å². The van der Waals surface area contributed by atoms with Gasteiger partial charge in [0.05, 0.1) is 29.5 Å². The van der Waals surface area contributed by atoms with Crippen LogP contribution in [0.2, 0.25) is 5.02 Å². The lowest BCUT2D eigenvalue weighted by Gasteiger charge is -2.10. The summed E-state index contributed by atoms with van der Waals surface area (Å²) in [7, 11) is 1.62. The molecule has 0 aliphatic carbocycles. The summed E-state index contributed by atoms with van der Waals surface area (Å²) in [5.41, 5.74) is 2.56. The summed E-state index contributed by atoms with van der Waals surface area (Å²) in [6.07, 6.45) is 0. The van der Waals surface area contributed by atoms with Gasteiger partial charge in [-0.1, -0.05) is 23.7 Å². The molecule has 0 amide bonds. The van der Waals surface area contributed by atoms with Crippen LogP contribution in [0, 0.1) is 11.3 Å². The summed E-state index contributed by atoms with van der Waals surface area (Å²) >= 11 is 6.11. The van der Waals surface area contributed by atoms with E-state index in [1.165, 1.54) is 0 Å². The van der Waals surface area contributed by atoms with Crippen molar-refractivity contribution in [3.05, 3.63) is 58.6 Å². The van der Waals surface area contributed by atoms with Gasteiger partial charge in [-0.2, -0.15) is 5.26 Å². The van der Waals surface area contributed by atoms with E-state index in [9.17, 15) is 0 Å². The Hall–Kier alpha value is -2.18. The molecule has 3 nitrogen and oxygen atoms in total. The topological polar surface area (TPSA) is 45.0 Å². The molecule has 0 unspecified atom stereocenters. The van der Waals surface area contributed by atoms with E-state index >= 15 is 0 Å². The van der Waals surface area contributed by atoms with Crippen molar-refractivity contribution in [3.63, 3.8) is 0 Å². The fourth-order valence-corrected chi connectivity index (χ4v) is 1.85. The standard InChI is InChI=1S/C15H13ClN2O/c1-19-13-6-7-14(16)15(8-13)18-10-12-4-2-11(9-17)3-5-12/h2-8,18H,10H2,1H3. The maximum atomic E-state index is 8.73. The van der Waals surface area contributed by atoms with Crippen LogP contribution < -0.4 is 10.1 Å². The maximum Gasteiger partial charge on any atom is 0.121 e. The van der Waals surface area contributed by atoms with Gasteiger partial charge in [0.1, 0.15) is 5.75 Å². The number of methoxy groups -OCH3 is 1. The number of rotatable bonds is 4. The number of anilines is 1. The molecule has 2 aromatic carbocycles. The van der Waals surface area contributed by atoms with Crippen molar-refractivity contribution in [1.29, 1.82) is 5.26 Å².